The molecule has 0 aliphatic heterocycles. The van der Waals surface area contributed by atoms with E-state index in [4.69, 9.17) is 0 Å². The lowest BCUT2D eigenvalue weighted by atomic mass is 10.2. The highest BCUT2D eigenvalue weighted by atomic mass is 127. The van der Waals surface area contributed by atoms with E-state index in [1.807, 2.05) is 20.8 Å². The molecule has 1 fully saturated rings. The standard InChI is InChI=1S/C12H24N4O.HI/c1-4-13-12(16-10-5-6-10)15-8-7-14-11(17)9(2)3;/h9-10H,4-8H2,1-3H3,(H,14,17)(H2,13,15,16);1H. The van der Waals surface area contributed by atoms with Gasteiger partial charge in [0, 0.05) is 25.0 Å². The molecule has 0 aromatic carbocycles. The number of guanidine groups is 1. The van der Waals surface area contributed by atoms with Gasteiger partial charge < -0.3 is 16.0 Å². The molecule has 1 aliphatic carbocycles. The molecule has 0 radical (unpaired) electrons. The first-order chi connectivity index (χ1) is 8.13. The van der Waals surface area contributed by atoms with Crippen LogP contribution in [0, 0.1) is 5.92 Å². The van der Waals surface area contributed by atoms with Crippen molar-refractivity contribution in [3.05, 3.63) is 0 Å². The first-order valence-corrected chi connectivity index (χ1v) is 6.46. The van der Waals surface area contributed by atoms with E-state index in [9.17, 15) is 4.79 Å². The van der Waals surface area contributed by atoms with Crippen molar-refractivity contribution in [2.45, 2.75) is 39.7 Å². The van der Waals surface area contributed by atoms with Crippen LogP contribution in [-0.4, -0.2) is 37.5 Å². The van der Waals surface area contributed by atoms with Crippen molar-refractivity contribution in [2.24, 2.45) is 10.9 Å². The number of hydrogen-bond donors (Lipinski definition) is 3. The van der Waals surface area contributed by atoms with Gasteiger partial charge >= 0.3 is 0 Å². The molecule has 0 atom stereocenters. The molecular weight excluding hydrogens is 343 g/mol. The van der Waals surface area contributed by atoms with Crippen LogP contribution in [0.25, 0.3) is 0 Å². The fourth-order valence-electron chi connectivity index (χ4n) is 1.29. The summed E-state index contributed by atoms with van der Waals surface area (Å²) in [6, 6.07) is 0.595. The Bertz CT molecular complexity index is 277. The summed E-state index contributed by atoms with van der Waals surface area (Å²) in [6.45, 7) is 7.88. The maximum absolute atomic E-state index is 11.3. The van der Waals surface area contributed by atoms with Crippen molar-refractivity contribution in [3.63, 3.8) is 0 Å². The molecule has 1 amide bonds. The number of halogens is 1. The summed E-state index contributed by atoms with van der Waals surface area (Å²) in [7, 11) is 0. The van der Waals surface area contributed by atoms with Gasteiger partial charge in [-0.15, -0.1) is 24.0 Å². The molecule has 0 heterocycles. The summed E-state index contributed by atoms with van der Waals surface area (Å²) in [5.74, 6) is 0.978. The number of hydrogen-bond acceptors (Lipinski definition) is 2. The Labute approximate surface area is 127 Å². The predicted molar refractivity (Wildman–Crippen MR) is 85.4 cm³/mol. The van der Waals surface area contributed by atoms with Gasteiger partial charge in [0.25, 0.3) is 0 Å². The molecule has 6 heteroatoms. The van der Waals surface area contributed by atoms with Gasteiger partial charge in [-0.2, -0.15) is 0 Å². The topological polar surface area (TPSA) is 65.5 Å². The molecule has 3 N–H and O–H groups in total. The van der Waals surface area contributed by atoms with E-state index in [0.29, 0.717) is 19.1 Å². The van der Waals surface area contributed by atoms with Crippen molar-refractivity contribution in [1.29, 1.82) is 0 Å². The van der Waals surface area contributed by atoms with E-state index in [2.05, 4.69) is 20.9 Å². The molecule has 0 saturated heterocycles. The number of amides is 1. The lowest BCUT2D eigenvalue weighted by molar-refractivity contribution is -0.123. The molecule has 106 valence electrons. The van der Waals surface area contributed by atoms with Gasteiger partial charge in [0.2, 0.25) is 5.91 Å². The molecule has 1 saturated carbocycles. The SMILES string of the molecule is CCNC(=NCCNC(=O)C(C)C)NC1CC1.I. The van der Waals surface area contributed by atoms with Crippen LogP contribution < -0.4 is 16.0 Å². The molecule has 1 aliphatic rings. The maximum Gasteiger partial charge on any atom is 0.222 e. The highest BCUT2D eigenvalue weighted by molar-refractivity contribution is 14.0. The Morgan fingerprint density at radius 1 is 1.33 bits per heavy atom. The van der Waals surface area contributed by atoms with Crippen molar-refractivity contribution < 1.29 is 4.79 Å². The zero-order valence-corrected chi connectivity index (χ0v) is 13.8. The number of nitrogens with one attached hydrogen (secondary N) is 3. The molecule has 0 aromatic rings. The second kappa shape index (κ2) is 9.41. The van der Waals surface area contributed by atoms with Gasteiger partial charge in [-0.05, 0) is 19.8 Å². The zero-order valence-electron chi connectivity index (χ0n) is 11.5. The molecule has 18 heavy (non-hydrogen) atoms. The van der Waals surface area contributed by atoms with Gasteiger partial charge in [-0.25, -0.2) is 0 Å². The number of nitrogens with zero attached hydrogens (tertiary/aromatic N) is 1. The van der Waals surface area contributed by atoms with Crippen LogP contribution in [0.3, 0.4) is 0 Å². The van der Waals surface area contributed by atoms with Gasteiger partial charge in [-0.3, -0.25) is 9.79 Å². The van der Waals surface area contributed by atoms with Crippen LogP contribution in [0.15, 0.2) is 4.99 Å². The van der Waals surface area contributed by atoms with Crippen LogP contribution >= 0.6 is 24.0 Å². The predicted octanol–water partition coefficient (Wildman–Crippen LogP) is 1.09. The molecule has 1 rings (SSSR count). The van der Waals surface area contributed by atoms with Crippen molar-refractivity contribution in [2.75, 3.05) is 19.6 Å². The first kappa shape index (κ1) is 17.5. The Morgan fingerprint density at radius 2 is 2.00 bits per heavy atom. The third kappa shape index (κ3) is 7.73. The lowest BCUT2D eigenvalue weighted by Gasteiger charge is -2.10. The first-order valence-electron chi connectivity index (χ1n) is 6.46. The molecular formula is C12H25IN4O. The van der Waals surface area contributed by atoms with E-state index in [1.54, 1.807) is 0 Å². The quantitative estimate of drug-likeness (QED) is 0.285. The van der Waals surface area contributed by atoms with Crippen LogP contribution in [0.1, 0.15) is 33.6 Å². The van der Waals surface area contributed by atoms with E-state index in [1.165, 1.54) is 12.8 Å². The maximum atomic E-state index is 11.3. The summed E-state index contributed by atoms with van der Waals surface area (Å²) in [5.41, 5.74) is 0. The Kier molecular flexibility index (Phi) is 9.13. The Balaban J connectivity index is 0.00000289. The zero-order chi connectivity index (χ0) is 12.7. The monoisotopic (exact) mass is 368 g/mol. The average molecular weight is 368 g/mol. The van der Waals surface area contributed by atoms with Crippen molar-refractivity contribution >= 4 is 35.8 Å². The van der Waals surface area contributed by atoms with E-state index in [0.717, 1.165) is 12.5 Å². The summed E-state index contributed by atoms with van der Waals surface area (Å²) >= 11 is 0. The van der Waals surface area contributed by atoms with Gasteiger partial charge in [0.1, 0.15) is 0 Å². The summed E-state index contributed by atoms with van der Waals surface area (Å²) in [4.78, 5) is 15.7. The number of aliphatic imine (C=N–C) groups is 1. The van der Waals surface area contributed by atoms with Crippen LogP contribution in [0.4, 0.5) is 0 Å². The molecule has 5 nitrogen and oxygen atoms in total. The smallest absolute Gasteiger partial charge is 0.222 e. The fraction of sp³-hybridized carbons (Fsp3) is 0.833. The molecule has 0 aromatic heterocycles. The van der Waals surface area contributed by atoms with Gasteiger partial charge in [0.15, 0.2) is 5.96 Å². The minimum Gasteiger partial charge on any atom is -0.357 e. The third-order valence-electron chi connectivity index (χ3n) is 2.47. The van der Waals surface area contributed by atoms with Crippen LogP contribution in [-0.2, 0) is 4.79 Å². The number of carbonyl (C=O) groups is 1. The van der Waals surface area contributed by atoms with E-state index in [-0.39, 0.29) is 35.8 Å². The minimum absolute atomic E-state index is 0. The molecule has 0 bridgehead atoms. The van der Waals surface area contributed by atoms with Crippen LogP contribution in [0.2, 0.25) is 0 Å². The Hall–Kier alpha value is -0.530. The average Bonchev–Trinajstić information content (AvgIpc) is 3.07. The normalized spacial score (nSPS) is 15.0. The summed E-state index contributed by atoms with van der Waals surface area (Å²) < 4.78 is 0. The fourth-order valence-corrected chi connectivity index (χ4v) is 1.29. The van der Waals surface area contributed by atoms with Crippen molar-refractivity contribution in [1.82, 2.24) is 16.0 Å². The number of carbonyl (C=O) groups excluding carboxylic acids is 1. The second-order valence-electron chi connectivity index (χ2n) is 4.62. The Morgan fingerprint density at radius 3 is 2.50 bits per heavy atom. The van der Waals surface area contributed by atoms with Crippen LogP contribution in [0.5, 0.6) is 0 Å². The lowest BCUT2D eigenvalue weighted by Crippen LogP contribution is -2.39. The third-order valence-corrected chi connectivity index (χ3v) is 2.47. The highest BCUT2D eigenvalue weighted by Crippen LogP contribution is 2.18. The van der Waals surface area contributed by atoms with E-state index < -0.39 is 0 Å². The largest absolute Gasteiger partial charge is 0.357 e. The van der Waals surface area contributed by atoms with Gasteiger partial charge in [-0.1, -0.05) is 13.8 Å². The molecule has 0 spiro atoms. The molecule has 0 unspecified atom stereocenters. The summed E-state index contributed by atoms with van der Waals surface area (Å²) in [5, 5.41) is 9.37. The summed E-state index contributed by atoms with van der Waals surface area (Å²) in [6.07, 6.45) is 2.46. The minimum atomic E-state index is 0. The van der Waals surface area contributed by atoms with Gasteiger partial charge in [0.05, 0.1) is 6.54 Å². The van der Waals surface area contributed by atoms with Crippen molar-refractivity contribution in [3.8, 4) is 0 Å². The van der Waals surface area contributed by atoms with E-state index >= 15 is 0 Å². The highest BCUT2D eigenvalue weighted by Gasteiger charge is 2.21. The second-order valence-corrected chi connectivity index (χ2v) is 4.62. The number of rotatable bonds is 6.